The minimum absolute atomic E-state index is 0.0558. The van der Waals surface area contributed by atoms with E-state index < -0.39 is 0 Å². The molecule has 0 saturated carbocycles. The van der Waals surface area contributed by atoms with E-state index in [0.29, 0.717) is 17.8 Å². The minimum Gasteiger partial charge on any atom is -0.429 e. The predicted molar refractivity (Wildman–Crippen MR) is 99.1 cm³/mol. The summed E-state index contributed by atoms with van der Waals surface area (Å²) in [4.78, 5) is 14.6. The zero-order chi connectivity index (χ0) is 17.1. The zero-order valence-electron chi connectivity index (χ0n) is 13.7. The van der Waals surface area contributed by atoms with Crippen molar-refractivity contribution in [3.8, 4) is 0 Å². The number of nitrogens with zero attached hydrogens (tertiary/aromatic N) is 2. The molecule has 0 unspecified atom stereocenters. The number of fused-ring (bicyclic) bond motifs is 1. The maximum Gasteiger partial charge on any atom is 0.269 e. The fraction of sp³-hybridized carbons (Fsp3) is 0.222. The summed E-state index contributed by atoms with van der Waals surface area (Å²) in [5.41, 5.74) is 3.52. The maximum absolute atomic E-state index is 12.2. The first-order valence-electron chi connectivity index (χ1n) is 7.70. The molecule has 0 aliphatic carbocycles. The van der Waals surface area contributed by atoms with Gasteiger partial charge in [-0.15, -0.1) is 0 Å². The first-order chi connectivity index (χ1) is 11.5. The van der Waals surface area contributed by atoms with Crippen molar-refractivity contribution < 1.29 is 9.21 Å². The van der Waals surface area contributed by atoms with Gasteiger partial charge in [0.25, 0.3) is 4.84 Å². The first-order valence-corrected chi connectivity index (χ1v) is 8.11. The van der Waals surface area contributed by atoms with E-state index in [1.54, 1.807) is 0 Å². The van der Waals surface area contributed by atoms with Crippen LogP contribution in [0.2, 0.25) is 0 Å². The van der Waals surface area contributed by atoms with Crippen LogP contribution in [0, 0.1) is 4.84 Å². The highest BCUT2D eigenvalue weighted by Gasteiger charge is 2.09. The monoisotopic (exact) mass is 341 g/mol. The van der Waals surface area contributed by atoms with Gasteiger partial charge in [0, 0.05) is 38.4 Å². The summed E-state index contributed by atoms with van der Waals surface area (Å²) >= 11 is 5.23. The van der Waals surface area contributed by atoms with Crippen LogP contribution in [-0.4, -0.2) is 24.6 Å². The van der Waals surface area contributed by atoms with Gasteiger partial charge in [0.2, 0.25) is 5.91 Å². The summed E-state index contributed by atoms with van der Waals surface area (Å²) in [7, 11) is 3.96. The van der Waals surface area contributed by atoms with E-state index in [9.17, 15) is 4.79 Å². The first kappa shape index (κ1) is 16.3. The molecule has 0 aliphatic heterocycles. The normalized spacial score (nSPS) is 10.8. The van der Waals surface area contributed by atoms with Crippen molar-refractivity contribution in [3.63, 3.8) is 0 Å². The average Bonchev–Trinajstić information content (AvgIpc) is 2.88. The number of carbonyl (C=O) groups is 1. The summed E-state index contributed by atoms with van der Waals surface area (Å²) in [6.07, 6.45) is 0.327. The number of amides is 1. The molecule has 2 aromatic carbocycles. The number of rotatable bonds is 5. The van der Waals surface area contributed by atoms with E-state index in [2.05, 4.69) is 5.32 Å². The Labute approximate surface area is 145 Å². The molecule has 5 nitrogen and oxygen atoms in total. The highest BCUT2D eigenvalue weighted by Crippen LogP contribution is 2.18. The number of hydrogen-bond acceptors (Lipinski definition) is 4. The van der Waals surface area contributed by atoms with Crippen LogP contribution in [0.15, 0.2) is 52.9 Å². The van der Waals surface area contributed by atoms with Gasteiger partial charge in [-0.2, -0.15) is 0 Å². The third-order valence-corrected chi connectivity index (χ3v) is 4.11. The second-order valence-corrected chi connectivity index (χ2v) is 6.08. The molecule has 0 spiro atoms. The molecule has 6 heteroatoms. The molecule has 1 aromatic heterocycles. The van der Waals surface area contributed by atoms with Crippen molar-refractivity contribution >= 4 is 40.6 Å². The molecule has 0 radical (unpaired) electrons. The summed E-state index contributed by atoms with van der Waals surface area (Å²) in [6.45, 7) is 0.484. The van der Waals surface area contributed by atoms with Crippen LogP contribution in [0.5, 0.6) is 0 Å². The van der Waals surface area contributed by atoms with Crippen molar-refractivity contribution in [2.45, 2.75) is 13.0 Å². The summed E-state index contributed by atoms with van der Waals surface area (Å²) in [6, 6.07) is 15.4. The number of carbonyl (C=O) groups excluding carboxylic acids is 1. The molecule has 3 aromatic rings. The van der Waals surface area contributed by atoms with Crippen molar-refractivity contribution in [1.29, 1.82) is 0 Å². The van der Waals surface area contributed by atoms with Gasteiger partial charge < -0.3 is 14.6 Å². The van der Waals surface area contributed by atoms with Crippen molar-refractivity contribution in [3.05, 3.63) is 53.4 Å². The van der Waals surface area contributed by atoms with Crippen LogP contribution in [0.3, 0.4) is 0 Å². The molecule has 0 fully saturated rings. The second kappa shape index (κ2) is 6.88. The van der Waals surface area contributed by atoms with Crippen LogP contribution in [0.25, 0.3) is 11.1 Å². The maximum atomic E-state index is 12.2. The molecule has 1 N–H and O–H groups in total. The standard InChI is InChI=1S/C18H19N3O2S/c1-20(2)14-9-7-13(8-10-14)19-17(22)11-12-21-15-5-3-4-6-16(15)23-18(21)24/h3-10H,11-12H2,1-2H3,(H,19,22). The Bertz CT molecular complexity index is 910. The van der Waals surface area contributed by atoms with Gasteiger partial charge >= 0.3 is 0 Å². The van der Waals surface area contributed by atoms with Crippen molar-refractivity contribution in [2.75, 3.05) is 24.3 Å². The number of benzene rings is 2. The Kier molecular flexibility index (Phi) is 4.66. The van der Waals surface area contributed by atoms with Gasteiger partial charge in [0.15, 0.2) is 5.58 Å². The van der Waals surface area contributed by atoms with E-state index in [4.69, 9.17) is 16.6 Å². The Morgan fingerprint density at radius 2 is 1.88 bits per heavy atom. The van der Waals surface area contributed by atoms with E-state index >= 15 is 0 Å². The molecular formula is C18H19N3O2S. The van der Waals surface area contributed by atoms with Crippen LogP contribution < -0.4 is 10.2 Å². The molecule has 0 saturated heterocycles. The number of nitrogens with one attached hydrogen (secondary N) is 1. The largest absolute Gasteiger partial charge is 0.429 e. The van der Waals surface area contributed by atoms with Crippen LogP contribution in [0.4, 0.5) is 11.4 Å². The van der Waals surface area contributed by atoms with E-state index in [0.717, 1.165) is 22.5 Å². The summed E-state index contributed by atoms with van der Waals surface area (Å²) in [5, 5.41) is 2.90. The molecule has 3 rings (SSSR count). The Hall–Kier alpha value is -2.60. The Morgan fingerprint density at radius 3 is 2.58 bits per heavy atom. The third kappa shape index (κ3) is 3.49. The molecule has 0 aliphatic rings. The number of hydrogen-bond donors (Lipinski definition) is 1. The average molecular weight is 341 g/mol. The second-order valence-electron chi connectivity index (χ2n) is 5.73. The molecule has 0 bridgehead atoms. The minimum atomic E-state index is -0.0558. The molecule has 24 heavy (non-hydrogen) atoms. The van der Waals surface area contributed by atoms with Gasteiger partial charge in [0.1, 0.15) is 0 Å². The van der Waals surface area contributed by atoms with E-state index in [-0.39, 0.29) is 5.91 Å². The lowest BCUT2D eigenvalue weighted by Crippen LogP contribution is -2.15. The lowest BCUT2D eigenvalue weighted by molar-refractivity contribution is -0.116. The third-order valence-electron chi connectivity index (χ3n) is 3.80. The van der Waals surface area contributed by atoms with Gasteiger partial charge in [0.05, 0.1) is 5.52 Å². The van der Waals surface area contributed by atoms with Gasteiger partial charge in [-0.05, 0) is 48.6 Å². The topological polar surface area (TPSA) is 50.4 Å². The summed E-state index contributed by atoms with van der Waals surface area (Å²) in [5.74, 6) is -0.0558. The number of oxazole rings is 1. The number of aromatic nitrogens is 1. The molecule has 0 atom stereocenters. The SMILES string of the molecule is CN(C)c1ccc(NC(=O)CCn2c(=S)oc3ccccc32)cc1. The molecular weight excluding hydrogens is 322 g/mol. The van der Waals surface area contributed by atoms with Gasteiger partial charge in [-0.25, -0.2) is 0 Å². The quantitative estimate of drug-likeness (QED) is 0.711. The fourth-order valence-electron chi connectivity index (χ4n) is 2.51. The van der Waals surface area contributed by atoms with E-state index in [1.165, 1.54) is 0 Å². The number of aryl methyl sites for hydroxylation is 1. The number of anilines is 2. The number of para-hydroxylation sites is 2. The van der Waals surface area contributed by atoms with Gasteiger partial charge in [-0.3, -0.25) is 9.36 Å². The lowest BCUT2D eigenvalue weighted by Gasteiger charge is -2.13. The van der Waals surface area contributed by atoms with Crippen LogP contribution in [-0.2, 0) is 11.3 Å². The molecule has 1 heterocycles. The Morgan fingerprint density at radius 1 is 1.17 bits per heavy atom. The molecule has 1 amide bonds. The van der Waals surface area contributed by atoms with E-state index in [1.807, 2.05) is 72.1 Å². The van der Waals surface area contributed by atoms with Crippen LogP contribution in [0.1, 0.15) is 6.42 Å². The molecule has 124 valence electrons. The van der Waals surface area contributed by atoms with Crippen LogP contribution >= 0.6 is 12.2 Å². The highest BCUT2D eigenvalue weighted by molar-refractivity contribution is 7.71. The lowest BCUT2D eigenvalue weighted by atomic mass is 10.2. The van der Waals surface area contributed by atoms with Gasteiger partial charge in [-0.1, -0.05) is 12.1 Å². The fourth-order valence-corrected chi connectivity index (χ4v) is 2.78. The smallest absolute Gasteiger partial charge is 0.269 e. The predicted octanol–water partition coefficient (Wildman–Crippen LogP) is 4.06. The highest BCUT2D eigenvalue weighted by atomic mass is 32.1. The zero-order valence-corrected chi connectivity index (χ0v) is 14.5. The Balaban J connectivity index is 1.65. The summed E-state index contributed by atoms with van der Waals surface area (Å²) < 4.78 is 7.37. The van der Waals surface area contributed by atoms with Crippen molar-refractivity contribution in [1.82, 2.24) is 4.57 Å². The van der Waals surface area contributed by atoms with Crippen molar-refractivity contribution in [2.24, 2.45) is 0 Å².